The largest absolute Gasteiger partial charge is 0.494 e. The summed E-state index contributed by atoms with van der Waals surface area (Å²) in [5, 5.41) is 9.20. The Kier molecular flexibility index (Phi) is 6.26. The monoisotopic (exact) mass is 321 g/mol. The van der Waals surface area contributed by atoms with Crippen LogP contribution in [0.25, 0.3) is 0 Å². The van der Waals surface area contributed by atoms with Crippen molar-refractivity contribution in [3.8, 4) is 11.5 Å². The van der Waals surface area contributed by atoms with Crippen molar-refractivity contribution in [2.24, 2.45) is 0 Å². The van der Waals surface area contributed by atoms with Crippen LogP contribution in [0.1, 0.15) is 32.6 Å². The summed E-state index contributed by atoms with van der Waals surface area (Å²) < 4.78 is 10.9. The van der Waals surface area contributed by atoms with Crippen molar-refractivity contribution < 1.29 is 24.2 Å². The van der Waals surface area contributed by atoms with Gasteiger partial charge in [0, 0.05) is 6.54 Å². The standard InChI is InChI=1S/C17H23NO5/c1-2-11-22-13-6-8-14(9-7-13)23-12-16(19)18-10-4-3-5-15(18)17(20)21/h6-9,15H,2-5,10-12H2,1H3,(H,20,21). The van der Waals surface area contributed by atoms with E-state index in [4.69, 9.17) is 9.47 Å². The van der Waals surface area contributed by atoms with Crippen LogP contribution in [0.15, 0.2) is 24.3 Å². The molecule has 6 heteroatoms. The summed E-state index contributed by atoms with van der Waals surface area (Å²) in [7, 11) is 0. The first-order valence-electron chi connectivity index (χ1n) is 7.99. The van der Waals surface area contributed by atoms with Gasteiger partial charge in [0.1, 0.15) is 17.5 Å². The molecule has 1 saturated heterocycles. The van der Waals surface area contributed by atoms with Gasteiger partial charge < -0.3 is 19.5 Å². The van der Waals surface area contributed by atoms with Crippen molar-refractivity contribution >= 4 is 11.9 Å². The van der Waals surface area contributed by atoms with Crippen LogP contribution in [0.5, 0.6) is 11.5 Å². The number of aliphatic carboxylic acids is 1. The summed E-state index contributed by atoms with van der Waals surface area (Å²) >= 11 is 0. The Bertz CT molecular complexity index is 528. The Morgan fingerprint density at radius 1 is 1.17 bits per heavy atom. The summed E-state index contributed by atoms with van der Waals surface area (Å²) in [5.74, 6) is 0.0810. The minimum atomic E-state index is -0.949. The number of amides is 1. The normalized spacial score (nSPS) is 17.6. The van der Waals surface area contributed by atoms with E-state index < -0.39 is 12.0 Å². The molecule has 126 valence electrons. The lowest BCUT2D eigenvalue weighted by Gasteiger charge is -2.32. The third-order valence-corrected chi connectivity index (χ3v) is 3.77. The second-order valence-corrected chi connectivity index (χ2v) is 5.55. The number of likely N-dealkylation sites (tertiary alicyclic amines) is 1. The summed E-state index contributed by atoms with van der Waals surface area (Å²) in [6, 6.07) is 6.32. The Morgan fingerprint density at radius 2 is 1.83 bits per heavy atom. The number of nitrogens with zero attached hydrogens (tertiary/aromatic N) is 1. The summed E-state index contributed by atoms with van der Waals surface area (Å²) in [6.07, 6.45) is 3.11. The first-order valence-corrected chi connectivity index (χ1v) is 7.99. The number of piperidine rings is 1. The van der Waals surface area contributed by atoms with Crippen molar-refractivity contribution in [2.75, 3.05) is 19.8 Å². The highest BCUT2D eigenvalue weighted by Gasteiger charge is 2.31. The number of rotatable bonds is 7. The fourth-order valence-corrected chi connectivity index (χ4v) is 2.57. The van der Waals surface area contributed by atoms with E-state index in [0.29, 0.717) is 25.3 Å². The van der Waals surface area contributed by atoms with Crippen LogP contribution in [-0.4, -0.2) is 47.7 Å². The Hall–Kier alpha value is -2.24. The van der Waals surface area contributed by atoms with Gasteiger partial charge in [-0.2, -0.15) is 0 Å². The van der Waals surface area contributed by atoms with Crippen molar-refractivity contribution in [1.82, 2.24) is 4.90 Å². The van der Waals surface area contributed by atoms with E-state index >= 15 is 0 Å². The SMILES string of the molecule is CCCOc1ccc(OCC(=O)N2CCCCC2C(=O)O)cc1. The molecule has 1 aromatic rings. The van der Waals surface area contributed by atoms with Crippen LogP contribution in [0.3, 0.4) is 0 Å². The van der Waals surface area contributed by atoms with Crippen molar-refractivity contribution in [1.29, 1.82) is 0 Å². The molecule has 0 aromatic heterocycles. The fraction of sp³-hybridized carbons (Fsp3) is 0.529. The molecule has 6 nitrogen and oxygen atoms in total. The van der Waals surface area contributed by atoms with Gasteiger partial charge in [-0.1, -0.05) is 6.92 Å². The summed E-state index contributed by atoms with van der Waals surface area (Å²) in [5.41, 5.74) is 0. The van der Waals surface area contributed by atoms with Gasteiger partial charge in [0.25, 0.3) is 5.91 Å². The maximum absolute atomic E-state index is 12.2. The molecule has 1 aliphatic heterocycles. The third-order valence-electron chi connectivity index (χ3n) is 3.77. The smallest absolute Gasteiger partial charge is 0.326 e. The van der Waals surface area contributed by atoms with E-state index in [-0.39, 0.29) is 12.5 Å². The maximum atomic E-state index is 12.2. The Morgan fingerprint density at radius 3 is 2.43 bits per heavy atom. The molecule has 1 atom stereocenters. The lowest BCUT2D eigenvalue weighted by molar-refractivity contribution is -0.152. The van der Waals surface area contributed by atoms with Gasteiger partial charge in [0.15, 0.2) is 6.61 Å². The van der Waals surface area contributed by atoms with Crippen LogP contribution in [-0.2, 0) is 9.59 Å². The molecule has 1 unspecified atom stereocenters. The van der Waals surface area contributed by atoms with Crippen molar-refractivity contribution in [2.45, 2.75) is 38.6 Å². The molecule has 0 spiro atoms. The molecule has 0 saturated carbocycles. The molecular weight excluding hydrogens is 298 g/mol. The van der Waals surface area contributed by atoms with Crippen LogP contribution in [0.4, 0.5) is 0 Å². The zero-order valence-corrected chi connectivity index (χ0v) is 13.4. The average Bonchev–Trinajstić information content (AvgIpc) is 2.58. The van der Waals surface area contributed by atoms with Gasteiger partial charge in [0.2, 0.25) is 0 Å². The predicted octanol–water partition coefficient (Wildman–Crippen LogP) is 2.32. The molecule has 0 bridgehead atoms. The molecule has 2 rings (SSSR count). The second-order valence-electron chi connectivity index (χ2n) is 5.55. The minimum Gasteiger partial charge on any atom is -0.494 e. The van der Waals surface area contributed by atoms with Gasteiger partial charge >= 0.3 is 5.97 Å². The Labute approximate surface area is 136 Å². The fourth-order valence-electron chi connectivity index (χ4n) is 2.57. The number of hydrogen-bond acceptors (Lipinski definition) is 4. The van der Waals surface area contributed by atoms with Crippen molar-refractivity contribution in [3.63, 3.8) is 0 Å². The number of hydrogen-bond donors (Lipinski definition) is 1. The van der Waals surface area contributed by atoms with Crippen LogP contribution in [0.2, 0.25) is 0 Å². The lowest BCUT2D eigenvalue weighted by Crippen LogP contribution is -2.49. The lowest BCUT2D eigenvalue weighted by atomic mass is 10.0. The molecule has 1 aliphatic rings. The number of benzene rings is 1. The molecule has 1 fully saturated rings. The summed E-state index contributed by atoms with van der Waals surface area (Å²) in [6.45, 7) is 3.01. The van der Waals surface area contributed by atoms with Gasteiger partial charge in [-0.3, -0.25) is 4.79 Å². The molecule has 23 heavy (non-hydrogen) atoms. The quantitative estimate of drug-likeness (QED) is 0.834. The van der Waals surface area contributed by atoms with Gasteiger partial charge in [0.05, 0.1) is 6.61 Å². The predicted molar refractivity (Wildman–Crippen MR) is 84.7 cm³/mol. The Balaban J connectivity index is 1.86. The number of carbonyl (C=O) groups is 2. The minimum absolute atomic E-state index is 0.154. The highest BCUT2D eigenvalue weighted by molar-refractivity contribution is 5.84. The summed E-state index contributed by atoms with van der Waals surface area (Å²) in [4.78, 5) is 24.8. The number of ether oxygens (including phenoxy) is 2. The molecule has 0 aliphatic carbocycles. The topological polar surface area (TPSA) is 76.1 Å². The second kappa shape index (κ2) is 8.41. The number of carboxylic acids is 1. The number of carboxylic acid groups (broad SMARTS) is 1. The van der Waals surface area contributed by atoms with Crippen LogP contribution < -0.4 is 9.47 Å². The molecule has 1 amide bonds. The maximum Gasteiger partial charge on any atom is 0.326 e. The first kappa shape index (κ1) is 17.1. The molecule has 1 N–H and O–H groups in total. The van der Waals surface area contributed by atoms with Crippen LogP contribution >= 0.6 is 0 Å². The first-order chi connectivity index (χ1) is 11.1. The zero-order chi connectivity index (χ0) is 16.7. The van der Waals surface area contributed by atoms with E-state index in [1.165, 1.54) is 4.90 Å². The van der Waals surface area contributed by atoms with Crippen molar-refractivity contribution in [3.05, 3.63) is 24.3 Å². The molecular formula is C17H23NO5. The van der Waals surface area contributed by atoms with E-state index in [1.807, 2.05) is 6.92 Å². The van der Waals surface area contributed by atoms with E-state index in [1.54, 1.807) is 24.3 Å². The van der Waals surface area contributed by atoms with Crippen LogP contribution in [0, 0.1) is 0 Å². The zero-order valence-electron chi connectivity index (χ0n) is 13.4. The molecule has 1 heterocycles. The van der Waals surface area contributed by atoms with Gasteiger partial charge in [-0.25, -0.2) is 4.79 Å². The highest BCUT2D eigenvalue weighted by Crippen LogP contribution is 2.20. The van der Waals surface area contributed by atoms with Gasteiger partial charge in [-0.05, 0) is 49.9 Å². The van der Waals surface area contributed by atoms with E-state index in [0.717, 1.165) is 25.0 Å². The average molecular weight is 321 g/mol. The molecule has 1 aromatic carbocycles. The number of carbonyl (C=O) groups excluding carboxylic acids is 1. The highest BCUT2D eigenvalue weighted by atomic mass is 16.5. The van der Waals surface area contributed by atoms with E-state index in [9.17, 15) is 14.7 Å². The third kappa shape index (κ3) is 4.87. The molecule has 0 radical (unpaired) electrons. The van der Waals surface area contributed by atoms with Gasteiger partial charge in [-0.15, -0.1) is 0 Å². The van der Waals surface area contributed by atoms with E-state index in [2.05, 4.69) is 0 Å².